The van der Waals surface area contributed by atoms with E-state index in [9.17, 15) is 9.59 Å². The van der Waals surface area contributed by atoms with E-state index >= 15 is 0 Å². The van der Waals surface area contributed by atoms with E-state index in [1.54, 1.807) is 20.8 Å². The smallest absolute Gasteiger partial charge is 0.408 e. The van der Waals surface area contributed by atoms with Gasteiger partial charge in [-0.2, -0.15) is 0 Å². The lowest BCUT2D eigenvalue weighted by Crippen LogP contribution is -2.48. The Kier molecular flexibility index (Phi) is 11.3. The van der Waals surface area contributed by atoms with Crippen molar-refractivity contribution in [2.24, 2.45) is 0 Å². The van der Waals surface area contributed by atoms with Crippen LogP contribution in [-0.2, 0) is 20.9 Å². The van der Waals surface area contributed by atoms with Crippen LogP contribution in [0.3, 0.4) is 0 Å². The summed E-state index contributed by atoms with van der Waals surface area (Å²) in [6, 6.07) is 14.5. The van der Waals surface area contributed by atoms with Gasteiger partial charge in [0, 0.05) is 43.4 Å². The molecule has 4 rings (SSSR count). The molecular formula is C33H45N7O4. The summed E-state index contributed by atoms with van der Waals surface area (Å²) in [4.78, 5) is 41.8. The molecule has 3 heterocycles. The molecule has 3 N–H and O–H groups in total. The van der Waals surface area contributed by atoms with E-state index < -0.39 is 23.7 Å². The topological polar surface area (TPSA) is 131 Å². The van der Waals surface area contributed by atoms with E-state index in [-0.39, 0.29) is 13.2 Å². The average Bonchev–Trinajstić information content (AvgIpc) is 3.01. The van der Waals surface area contributed by atoms with Crippen molar-refractivity contribution in [3.63, 3.8) is 0 Å². The molecule has 1 saturated heterocycles. The van der Waals surface area contributed by atoms with Gasteiger partial charge in [0.1, 0.15) is 42.0 Å². The van der Waals surface area contributed by atoms with Crippen LogP contribution >= 0.6 is 0 Å². The van der Waals surface area contributed by atoms with Gasteiger partial charge in [-0.1, -0.05) is 43.3 Å². The highest BCUT2D eigenvalue weighted by Gasteiger charge is 2.28. The first-order chi connectivity index (χ1) is 21.1. The minimum Gasteiger partial charge on any atom is -0.458 e. The second-order valence-electron chi connectivity index (χ2n) is 12.0. The zero-order valence-electron chi connectivity index (χ0n) is 26.4. The summed E-state index contributed by atoms with van der Waals surface area (Å²) in [5, 5.41) is 9.26. The largest absolute Gasteiger partial charge is 0.458 e. The molecule has 1 aliphatic heterocycles. The van der Waals surface area contributed by atoms with Gasteiger partial charge >= 0.3 is 12.1 Å². The van der Waals surface area contributed by atoms with Gasteiger partial charge in [-0.3, -0.25) is 0 Å². The molecule has 0 radical (unpaired) electrons. The van der Waals surface area contributed by atoms with Crippen LogP contribution < -0.4 is 20.9 Å². The predicted molar refractivity (Wildman–Crippen MR) is 172 cm³/mol. The first-order valence-corrected chi connectivity index (χ1v) is 15.3. The minimum absolute atomic E-state index is 0.0583. The molecule has 1 aromatic carbocycles. The van der Waals surface area contributed by atoms with Crippen molar-refractivity contribution < 1.29 is 19.1 Å². The third-order valence-corrected chi connectivity index (χ3v) is 7.27. The third-order valence-electron chi connectivity index (χ3n) is 7.27. The summed E-state index contributed by atoms with van der Waals surface area (Å²) in [6.07, 6.45) is 3.79. The number of rotatable bonds is 12. The number of pyridine rings is 1. The molecule has 0 spiro atoms. The maximum absolute atomic E-state index is 13.0. The average molecular weight is 604 g/mol. The lowest BCUT2D eigenvalue weighted by atomic mass is 9.93. The molecule has 2 aromatic heterocycles. The molecule has 0 bridgehead atoms. The number of nitrogens with zero attached hydrogens (tertiary/aromatic N) is 4. The van der Waals surface area contributed by atoms with Gasteiger partial charge in [0.15, 0.2) is 0 Å². The Balaban J connectivity index is 1.38. The number of ether oxygens (including phenoxy) is 2. The molecule has 44 heavy (non-hydrogen) atoms. The lowest BCUT2D eigenvalue weighted by Gasteiger charge is -2.33. The fourth-order valence-corrected chi connectivity index (χ4v) is 5.03. The number of carbonyl (C=O) groups excluding carboxylic acids is 2. The van der Waals surface area contributed by atoms with Gasteiger partial charge in [-0.15, -0.1) is 0 Å². The van der Waals surface area contributed by atoms with Gasteiger partial charge in [-0.05, 0) is 64.7 Å². The maximum atomic E-state index is 13.0. The Hall–Kier alpha value is -4.41. The number of nitrogens with one attached hydrogen (secondary N) is 3. The fourth-order valence-electron chi connectivity index (χ4n) is 5.03. The second-order valence-corrected chi connectivity index (χ2v) is 12.0. The van der Waals surface area contributed by atoms with E-state index in [1.807, 2.05) is 43.3 Å². The summed E-state index contributed by atoms with van der Waals surface area (Å²) in [5.41, 5.74) is 2.11. The van der Waals surface area contributed by atoms with Gasteiger partial charge < -0.3 is 30.3 Å². The van der Waals surface area contributed by atoms with Crippen LogP contribution in [0.5, 0.6) is 0 Å². The number of hydrogen-bond acceptors (Lipinski definition) is 10. The van der Waals surface area contributed by atoms with Gasteiger partial charge in [0.2, 0.25) is 0 Å². The number of anilines is 3. The van der Waals surface area contributed by atoms with Crippen molar-refractivity contribution in [1.82, 2.24) is 20.3 Å². The molecule has 1 amide bonds. The predicted octanol–water partition coefficient (Wildman–Crippen LogP) is 5.43. The summed E-state index contributed by atoms with van der Waals surface area (Å²) in [5.74, 6) is 2.17. The van der Waals surface area contributed by atoms with Crippen molar-refractivity contribution in [2.75, 3.05) is 41.7 Å². The number of carbonyl (C=O) groups is 2. The highest BCUT2D eigenvalue weighted by Crippen LogP contribution is 2.31. The van der Waals surface area contributed by atoms with Crippen LogP contribution in [0.1, 0.15) is 69.7 Å². The zero-order valence-corrected chi connectivity index (χ0v) is 26.4. The van der Waals surface area contributed by atoms with Crippen LogP contribution in [0.4, 0.5) is 22.2 Å². The Bertz CT molecular complexity index is 1370. The standard InChI is InChI=1S/C33H45N7O4/c1-6-17-34-28-14-10-13-26(38-28)25-15-18-40(19-16-25)30-23(2)29(36-22-37-30)35-20-27(31(41)44-33(3,4)5)39-32(42)43-21-24-11-8-7-9-12-24/h7-14,22,25,27H,6,15-21H2,1-5H3,(H,34,38)(H,39,42)(H,35,36,37). The molecule has 1 atom stereocenters. The number of esters is 1. The zero-order chi connectivity index (χ0) is 31.5. The summed E-state index contributed by atoms with van der Waals surface area (Å²) < 4.78 is 10.9. The van der Waals surface area contributed by atoms with Gasteiger partial charge in [0.05, 0.1) is 0 Å². The minimum atomic E-state index is -0.999. The maximum Gasteiger partial charge on any atom is 0.408 e. The van der Waals surface area contributed by atoms with Crippen molar-refractivity contribution in [3.8, 4) is 0 Å². The Morgan fingerprint density at radius 1 is 1.02 bits per heavy atom. The van der Waals surface area contributed by atoms with Crippen LogP contribution in [0.2, 0.25) is 0 Å². The number of piperidine rings is 1. The molecule has 0 saturated carbocycles. The summed E-state index contributed by atoms with van der Waals surface area (Å²) in [7, 11) is 0. The SMILES string of the molecule is CCCNc1cccc(C2CCN(c3ncnc(NCC(NC(=O)OCc4ccccc4)C(=O)OC(C)(C)C)c3C)CC2)n1. The van der Waals surface area contributed by atoms with E-state index in [0.29, 0.717) is 11.7 Å². The quantitative estimate of drug-likeness (QED) is 0.230. The lowest BCUT2D eigenvalue weighted by molar-refractivity contribution is -0.156. The van der Waals surface area contributed by atoms with E-state index in [1.165, 1.54) is 6.33 Å². The Labute approximate surface area is 260 Å². The highest BCUT2D eigenvalue weighted by molar-refractivity contribution is 5.82. The molecule has 3 aromatic rings. The monoisotopic (exact) mass is 603 g/mol. The molecule has 0 aliphatic carbocycles. The summed E-state index contributed by atoms with van der Waals surface area (Å²) >= 11 is 0. The van der Waals surface area contributed by atoms with Crippen molar-refractivity contribution in [1.29, 1.82) is 0 Å². The van der Waals surface area contributed by atoms with Gasteiger partial charge in [-0.25, -0.2) is 24.5 Å². The number of hydrogen-bond donors (Lipinski definition) is 3. The van der Waals surface area contributed by atoms with E-state index in [4.69, 9.17) is 14.5 Å². The molecule has 236 valence electrons. The third kappa shape index (κ3) is 9.55. The molecule has 11 nitrogen and oxygen atoms in total. The normalized spacial score (nSPS) is 14.4. The summed E-state index contributed by atoms with van der Waals surface area (Å²) in [6.45, 7) is 12.2. The van der Waals surface area contributed by atoms with E-state index in [2.05, 4.69) is 49.9 Å². The number of alkyl carbamates (subject to hydrolysis) is 1. The Morgan fingerprint density at radius 2 is 1.77 bits per heavy atom. The van der Waals surface area contributed by atoms with Crippen molar-refractivity contribution in [3.05, 3.63) is 71.7 Å². The molecule has 1 aliphatic rings. The van der Waals surface area contributed by atoms with E-state index in [0.717, 1.165) is 67.4 Å². The van der Waals surface area contributed by atoms with Crippen molar-refractivity contribution in [2.45, 2.75) is 78.0 Å². The molecule has 1 unspecified atom stereocenters. The first kappa shape index (κ1) is 32.5. The highest BCUT2D eigenvalue weighted by atomic mass is 16.6. The number of amides is 1. The fraction of sp³-hybridized carbons (Fsp3) is 0.485. The van der Waals surface area contributed by atoms with Crippen LogP contribution in [0, 0.1) is 6.92 Å². The number of aromatic nitrogens is 3. The Morgan fingerprint density at radius 3 is 2.48 bits per heavy atom. The van der Waals surface area contributed by atoms with Gasteiger partial charge in [0.25, 0.3) is 0 Å². The first-order valence-electron chi connectivity index (χ1n) is 15.3. The van der Waals surface area contributed by atoms with Crippen LogP contribution in [0.25, 0.3) is 0 Å². The number of benzene rings is 1. The van der Waals surface area contributed by atoms with Crippen molar-refractivity contribution >= 4 is 29.5 Å². The molecule has 1 fully saturated rings. The molecular weight excluding hydrogens is 558 g/mol. The molecule has 11 heteroatoms. The van der Waals surface area contributed by atoms with Crippen LogP contribution in [0.15, 0.2) is 54.9 Å². The van der Waals surface area contributed by atoms with Crippen LogP contribution in [-0.4, -0.2) is 64.8 Å². The second kappa shape index (κ2) is 15.4.